The normalized spacial score (nSPS) is 14.9. The Balaban J connectivity index is 1.68. The van der Waals surface area contributed by atoms with Gasteiger partial charge < -0.3 is 9.80 Å². The maximum Gasteiger partial charge on any atom is 0.225 e. The van der Waals surface area contributed by atoms with Crippen LogP contribution in [0.15, 0.2) is 30.3 Å². The van der Waals surface area contributed by atoms with E-state index in [1.807, 2.05) is 36.9 Å². The lowest BCUT2D eigenvalue weighted by Crippen LogP contribution is -2.50. The fourth-order valence-electron chi connectivity index (χ4n) is 2.86. The minimum absolute atomic E-state index is 0.0368. The summed E-state index contributed by atoms with van der Waals surface area (Å²) in [7, 11) is 0. The second kappa shape index (κ2) is 7.58. The number of carbonyl (C=O) groups excluding carboxylic acids is 1. The highest BCUT2D eigenvalue weighted by molar-refractivity contribution is 6.36. The molecule has 0 N–H and O–H groups in total. The van der Waals surface area contributed by atoms with Gasteiger partial charge in [0.15, 0.2) is 5.82 Å². The standard InChI is InChI=1S/C18H20Cl2N4O/c1-12(2)18(25)24-9-7-23(8-10-24)17-6-5-16(21-22-17)14-4-3-13(19)11-15(14)20/h3-6,11-12H,7-10H2,1-2H3. The number of piperazine rings is 1. The first-order valence-electron chi connectivity index (χ1n) is 8.28. The summed E-state index contributed by atoms with van der Waals surface area (Å²) in [5, 5.41) is 9.77. The lowest BCUT2D eigenvalue weighted by Gasteiger charge is -2.36. The third-order valence-corrected chi connectivity index (χ3v) is 4.81. The van der Waals surface area contributed by atoms with Crippen LogP contribution in [0.5, 0.6) is 0 Å². The maximum atomic E-state index is 12.1. The second-order valence-electron chi connectivity index (χ2n) is 6.37. The Morgan fingerprint density at radius 3 is 2.32 bits per heavy atom. The van der Waals surface area contributed by atoms with Gasteiger partial charge in [-0.15, -0.1) is 10.2 Å². The van der Waals surface area contributed by atoms with Gasteiger partial charge >= 0.3 is 0 Å². The maximum absolute atomic E-state index is 12.1. The van der Waals surface area contributed by atoms with Gasteiger partial charge in [-0.05, 0) is 30.3 Å². The molecule has 1 saturated heterocycles. The number of anilines is 1. The SMILES string of the molecule is CC(C)C(=O)N1CCN(c2ccc(-c3ccc(Cl)cc3Cl)nn2)CC1. The molecule has 3 rings (SSSR count). The van der Waals surface area contributed by atoms with E-state index in [1.54, 1.807) is 12.1 Å². The van der Waals surface area contributed by atoms with Crippen LogP contribution in [0, 0.1) is 5.92 Å². The van der Waals surface area contributed by atoms with Gasteiger partial charge in [-0.1, -0.05) is 37.0 Å². The number of amides is 1. The van der Waals surface area contributed by atoms with Crippen LogP contribution in [0.2, 0.25) is 10.0 Å². The van der Waals surface area contributed by atoms with E-state index in [1.165, 1.54) is 0 Å². The smallest absolute Gasteiger partial charge is 0.225 e. The van der Waals surface area contributed by atoms with Crippen molar-refractivity contribution in [3.05, 3.63) is 40.4 Å². The molecule has 2 aromatic rings. The zero-order chi connectivity index (χ0) is 18.0. The van der Waals surface area contributed by atoms with Crippen molar-refractivity contribution < 1.29 is 4.79 Å². The van der Waals surface area contributed by atoms with E-state index in [0.717, 1.165) is 24.5 Å². The molecule has 1 aromatic carbocycles. The van der Waals surface area contributed by atoms with Crippen LogP contribution < -0.4 is 4.90 Å². The Hall–Kier alpha value is -1.85. The number of rotatable bonds is 3. The van der Waals surface area contributed by atoms with Gasteiger partial charge in [0.05, 0.1) is 10.7 Å². The highest BCUT2D eigenvalue weighted by atomic mass is 35.5. The molecular weight excluding hydrogens is 359 g/mol. The molecular formula is C18H20Cl2N4O. The lowest BCUT2D eigenvalue weighted by atomic mass is 10.1. The Morgan fingerprint density at radius 2 is 1.76 bits per heavy atom. The monoisotopic (exact) mass is 378 g/mol. The molecule has 7 heteroatoms. The zero-order valence-electron chi connectivity index (χ0n) is 14.2. The summed E-state index contributed by atoms with van der Waals surface area (Å²) < 4.78 is 0. The van der Waals surface area contributed by atoms with Gasteiger partial charge in [-0.2, -0.15) is 0 Å². The molecule has 0 aliphatic carbocycles. The summed E-state index contributed by atoms with van der Waals surface area (Å²) in [4.78, 5) is 16.1. The Bertz CT molecular complexity index is 756. The summed E-state index contributed by atoms with van der Waals surface area (Å²) >= 11 is 12.2. The van der Waals surface area contributed by atoms with Gasteiger partial charge in [0.2, 0.25) is 5.91 Å². The molecule has 0 bridgehead atoms. The minimum Gasteiger partial charge on any atom is -0.352 e. The fraction of sp³-hybridized carbons (Fsp3) is 0.389. The topological polar surface area (TPSA) is 49.3 Å². The Labute approximate surface area is 157 Å². The Morgan fingerprint density at radius 1 is 1.04 bits per heavy atom. The summed E-state index contributed by atoms with van der Waals surface area (Å²) in [5.74, 6) is 1.05. The van der Waals surface area contributed by atoms with Crippen LogP contribution in [-0.4, -0.2) is 47.2 Å². The molecule has 5 nitrogen and oxygen atoms in total. The number of hydrogen-bond acceptors (Lipinski definition) is 4. The van der Waals surface area contributed by atoms with Gasteiger partial charge in [-0.3, -0.25) is 4.79 Å². The summed E-state index contributed by atoms with van der Waals surface area (Å²) in [5.41, 5.74) is 1.51. The predicted octanol–water partition coefficient (Wildman–Crippen LogP) is 3.76. The summed E-state index contributed by atoms with van der Waals surface area (Å²) in [6, 6.07) is 9.16. The van der Waals surface area contributed by atoms with Crippen molar-refractivity contribution in [2.75, 3.05) is 31.1 Å². The molecule has 0 saturated carbocycles. The number of hydrogen-bond donors (Lipinski definition) is 0. The first kappa shape index (κ1) is 18.0. The van der Waals surface area contributed by atoms with Gasteiger partial charge in [-0.25, -0.2) is 0 Å². The van der Waals surface area contributed by atoms with Gasteiger partial charge in [0.25, 0.3) is 0 Å². The summed E-state index contributed by atoms with van der Waals surface area (Å²) in [6.07, 6.45) is 0. The number of benzene rings is 1. The molecule has 1 amide bonds. The number of halogens is 2. The Kier molecular flexibility index (Phi) is 5.45. The molecule has 1 fully saturated rings. The number of aromatic nitrogens is 2. The van der Waals surface area contributed by atoms with E-state index >= 15 is 0 Å². The number of carbonyl (C=O) groups is 1. The molecule has 0 unspecified atom stereocenters. The van der Waals surface area contributed by atoms with E-state index in [4.69, 9.17) is 23.2 Å². The van der Waals surface area contributed by atoms with E-state index < -0.39 is 0 Å². The summed E-state index contributed by atoms with van der Waals surface area (Å²) in [6.45, 7) is 6.80. The predicted molar refractivity (Wildman–Crippen MR) is 101 cm³/mol. The molecule has 132 valence electrons. The van der Waals surface area contributed by atoms with Gasteiger partial charge in [0.1, 0.15) is 0 Å². The van der Waals surface area contributed by atoms with Crippen molar-refractivity contribution >= 4 is 34.9 Å². The molecule has 1 aromatic heterocycles. The second-order valence-corrected chi connectivity index (χ2v) is 7.21. The van der Waals surface area contributed by atoms with Crippen LogP contribution in [-0.2, 0) is 4.79 Å². The fourth-order valence-corrected chi connectivity index (χ4v) is 3.36. The highest BCUT2D eigenvalue weighted by Crippen LogP contribution is 2.29. The first-order chi connectivity index (χ1) is 12.0. The van der Waals surface area contributed by atoms with E-state index in [9.17, 15) is 4.79 Å². The van der Waals surface area contributed by atoms with Crippen molar-refractivity contribution in [3.8, 4) is 11.3 Å². The molecule has 1 aliphatic heterocycles. The molecule has 0 atom stereocenters. The van der Waals surface area contributed by atoms with Crippen molar-refractivity contribution in [1.29, 1.82) is 0 Å². The van der Waals surface area contributed by atoms with Crippen LogP contribution in [0.25, 0.3) is 11.3 Å². The molecule has 0 spiro atoms. The first-order valence-corrected chi connectivity index (χ1v) is 9.04. The van der Waals surface area contributed by atoms with Crippen molar-refractivity contribution in [3.63, 3.8) is 0 Å². The third-order valence-electron chi connectivity index (χ3n) is 4.27. The van der Waals surface area contributed by atoms with Crippen molar-refractivity contribution in [2.45, 2.75) is 13.8 Å². The van der Waals surface area contributed by atoms with E-state index in [0.29, 0.717) is 28.8 Å². The zero-order valence-corrected chi connectivity index (χ0v) is 15.8. The number of nitrogens with zero attached hydrogens (tertiary/aromatic N) is 4. The third kappa shape index (κ3) is 4.05. The van der Waals surface area contributed by atoms with Crippen molar-refractivity contribution in [1.82, 2.24) is 15.1 Å². The van der Waals surface area contributed by atoms with E-state index in [-0.39, 0.29) is 11.8 Å². The molecule has 0 radical (unpaired) electrons. The average Bonchev–Trinajstić information content (AvgIpc) is 2.61. The highest BCUT2D eigenvalue weighted by Gasteiger charge is 2.23. The lowest BCUT2D eigenvalue weighted by molar-refractivity contribution is -0.134. The average molecular weight is 379 g/mol. The minimum atomic E-state index is 0.0368. The van der Waals surface area contributed by atoms with Gasteiger partial charge in [0, 0.05) is 42.7 Å². The van der Waals surface area contributed by atoms with Crippen LogP contribution in [0.3, 0.4) is 0 Å². The molecule has 25 heavy (non-hydrogen) atoms. The molecule has 1 aliphatic rings. The largest absolute Gasteiger partial charge is 0.352 e. The molecule has 2 heterocycles. The van der Waals surface area contributed by atoms with Crippen LogP contribution >= 0.6 is 23.2 Å². The van der Waals surface area contributed by atoms with Crippen molar-refractivity contribution in [2.24, 2.45) is 5.92 Å². The van der Waals surface area contributed by atoms with Crippen LogP contribution in [0.1, 0.15) is 13.8 Å². The quantitative estimate of drug-likeness (QED) is 0.815. The van der Waals surface area contributed by atoms with Crippen LogP contribution in [0.4, 0.5) is 5.82 Å². The van der Waals surface area contributed by atoms with E-state index in [2.05, 4.69) is 15.1 Å².